The molecule has 2 rings (SSSR count). The third kappa shape index (κ3) is 3.85. The largest absolute Gasteiger partial charge is 0.457 e. The van der Waals surface area contributed by atoms with Crippen LogP contribution in [-0.2, 0) is 9.26 Å². The maximum Gasteiger partial charge on any atom is 0.457 e. The lowest BCUT2D eigenvalue weighted by Gasteiger charge is -2.42. The number of benzene rings is 1. The number of nitrogens with zero attached hydrogens (tertiary/aromatic N) is 1. The fourth-order valence-corrected chi connectivity index (χ4v) is 3.65. The molecule has 1 atom stereocenters. The van der Waals surface area contributed by atoms with Gasteiger partial charge in [0.15, 0.2) is 14.1 Å². The molecule has 0 saturated heterocycles. The fourth-order valence-electron chi connectivity index (χ4n) is 2.30. The van der Waals surface area contributed by atoms with Crippen LogP contribution in [0, 0.1) is 0 Å². The highest BCUT2D eigenvalue weighted by Gasteiger charge is 2.65. The molecule has 26 heavy (non-hydrogen) atoms. The first-order valence-electron chi connectivity index (χ1n) is 8.32. The van der Waals surface area contributed by atoms with Crippen molar-refractivity contribution in [3.63, 3.8) is 0 Å². The summed E-state index contributed by atoms with van der Waals surface area (Å²) in [5, 5.41) is 3.26. The highest BCUT2D eigenvalue weighted by molar-refractivity contribution is 6.74. The molecule has 0 aromatic heterocycles. The zero-order chi connectivity index (χ0) is 20.0. The maximum atomic E-state index is 13.8. The molecule has 0 bridgehead atoms. The summed E-state index contributed by atoms with van der Waals surface area (Å²) in [7, 11) is -2.77. The number of carbonyl (C=O) groups is 1. The summed E-state index contributed by atoms with van der Waals surface area (Å²) in [6, 6.07) is 6.25. The molecular weight excluding hydrogens is 363 g/mol. The minimum absolute atomic E-state index is 0.118. The lowest BCUT2D eigenvalue weighted by molar-refractivity contribution is -0.347. The van der Waals surface area contributed by atoms with E-state index in [4.69, 9.17) is 9.26 Å². The second kappa shape index (κ2) is 6.49. The first-order valence-corrected chi connectivity index (χ1v) is 11.2. The second-order valence-corrected chi connectivity index (χ2v) is 12.8. The van der Waals surface area contributed by atoms with Gasteiger partial charge in [-0.15, -0.1) is 0 Å². The quantitative estimate of drug-likeness (QED) is 0.521. The topological polar surface area (TPSA) is 47.9 Å². The first kappa shape index (κ1) is 20.6. The zero-order valence-corrected chi connectivity index (χ0v) is 16.8. The van der Waals surface area contributed by atoms with Gasteiger partial charge in [0.05, 0.1) is 12.1 Å². The lowest BCUT2D eigenvalue weighted by Crippen LogP contribution is -2.57. The summed E-state index contributed by atoms with van der Waals surface area (Å²) in [6.45, 7) is 10.5. The van der Waals surface area contributed by atoms with Crippen LogP contribution in [0.4, 0.5) is 13.2 Å². The van der Waals surface area contributed by atoms with Crippen LogP contribution in [0.2, 0.25) is 18.1 Å². The molecule has 0 saturated carbocycles. The number of ketones is 1. The van der Waals surface area contributed by atoms with Crippen LogP contribution in [-0.4, -0.2) is 31.8 Å². The molecule has 0 spiro atoms. The van der Waals surface area contributed by atoms with Gasteiger partial charge < -0.3 is 9.26 Å². The summed E-state index contributed by atoms with van der Waals surface area (Å²) in [5.41, 5.74) is 1.10. The molecule has 1 aromatic rings. The molecule has 144 valence electrons. The molecule has 1 aliphatic heterocycles. The Morgan fingerprint density at radius 3 is 2.15 bits per heavy atom. The summed E-state index contributed by atoms with van der Waals surface area (Å²) in [6.07, 6.45) is -5.25. The number of carbonyl (C=O) groups excluding carboxylic acids is 1. The molecule has 1 aliphatic rings. The van der Waals surface area contributed by atoms with E-state index in [9.17, 15) is 18.0 Å². The van der Waals surface area contributed by atoms with Crippen LogP contribution in [0.3, 0.4) is 0 Å². The Morgan fingerprint density at radius 1 is 1.19 bits per heavy atom. The van der Waals surface area contributed by atoms with Crippen molar-refractivity contribution in [1.29, 1.82) is 0 Å². The Bertz CT molecular complexity index is 721. The average Bonchev–Trinajstić information content (AvgIpc) is 2.90. The van der Waals surface area contributed by atoms with Crippen molar-refractivity contribution in [2.45, 2.75) is 64.2 Å². The minimum atomic E-state index is -4.73. The molecule has 0 radical (unpaired) electrons. The van der Waals surface area contributed by atoms with Gasteiger partial charge in [0, 0.05) is 5.56 Å². The Kier molecular flexibility index (Phi) is 5.15. The van der Waals surface area contributed by atoms with Crippen molar-refractivity contribution < 1.29 is 27.2 Å². The van der Waals surface area contributed by atoms with E-state index >= 15 is 0 Å². The first-order chi connectivity index (χ1) is 11.7. The molecule has 8 heteroatoms. The highest BCUT2D eigenvalue weighted by Crippen LogP contribution is 2.48. The Morgan fingerprint density at radius 2 is 1.73 bits per heavy atom. The number of oxime groups is 1. The number of hydrogen-bond acceptors (Lipinski definition) is 4. The van der Waals surface area contributed by atoms with Crippen LogP contribution in [0.25, 0.3) is 0 Å². The summed E-state index contributed by atoms with van der Waals surface area (Å²) in [5.74, 6) is -2.89. The van der Waals surface area contributed by atoms with E-state index in [0.717, 1.165) is 0 Å². The SMILES string of the molecule is CC(=O)c1ccc(C2=NOC(O[Si](C)(C)C(C)(C)C)(C(F)(F)F)C2)cc1. The molecule has 4 nitrogen and oxygen atoms in total. The van der Waals surface area contributed by atoms with Crippen molar-refractivity contribution in [3.05, 3.63) is 35.4 Å². The van der Waals surface area contributed by atoms with Gasteiger partial charge in [-0.25, -0.2) is 0 Å². The molecule has 0 aliphatic carbocycles. The van der Waals surface area contributed by atoms with Crippen LogP contribution in [0.5, 0.6) is 0 Å². The van der Waals surface area contributed by atoms with Gasteiger partial charge in [-0.05, 0) is 30.6 Å². The molecule has 1 heterocycles. The van der Waals surface area contributed by atoms with Crippen molar-refractivity contribution in [2.75, 3.05) is 0 Å². The van der Waals surface area contributed by atoms with Gasteiger partial charge in [-0.1, -0.05) is 50.2 Å². The Labute approximate surface area is 152 Å². The van der Waals surface area contributed by atoms with Gasteiger partial charge in [-0.3, -0.25) is 4.79 Å². The monoisotopic (exact) mass is 387 g/mol. The number of Topliss-reactive ketones (excluding diaryl/α,β-unsaturated/α-hetero) is 1. The zero-order valence-electron chi connectivity index (χ0n) is 15.8. The second-order valence-electron chi connectivity index (χ2n) is 8.05. The number of halogens is 3. The van der Waals surface area contributed by atoms with Gasteiger partial charge in [-0.2, -0.15) is 13.2 Å². The highest BCUT2D eigenvalue weighted by atomic mass is 28.4. The third-order valence-corrected chi connectivity index (χ3v) is 9.44. The van der Waals surface area contributed by atoms with E-state index in [1.54, 1.807) is 37.4 Å². The van der Waals surface area contributed by atoms with Crippen molar-refractivity contribution in [1.82, 2.24) is 0 Å². The van der Waals surface area contributed by atoms with Crippen molar-refractivity contribution in [3.8, 4) is 0 Å². The average molecular weight is 387 g/mol. The van der Waals surface area contributed by atoms with Crippen LogP contribution in [0.1, 0.15) is 50.0 Å². The van der Waals surface area contributed by atoms with Crippen molar-refractivity contribution >= 4 is 19.8 Å². The molecule has 0 fully saturated rings. The molecule has 0 N–H and O–H groups in total. The van der Waals surface area contributed by atoms with E-state index in [1.807, 2.05) is 20.8 Å². The van der Waals surface area contributed by atoms with E-state index in [2.05, 4.69) is 5.16 Å². The van der Waals surface area contributed by atoms with E-state index < -0.39 is 31.7 Å². The number of rotatable bonds is 4. The predicted molar refractivity (Wildman–Crippen MR) is 95.8 cm³/mol. The minimum Gasteiger partial charge on any atom is -0.372 e. The third-order valence-electron chi connectivity index (χ3n) is 4.99. The van der Waals surface area contributed by atoms with Gasteiger partial charge in [0.25, 0.3) is 0 Å². The summed E-state index contributed by atoms with van der Waals surface area (Å²) >= 11 is 0. The number of alkyl halides is 3. The standard InChI is InChI=1S/C18H24F3NO3Si/c1-12(23)13-7-9-14(10-8-13)15-11-17(24-22-15,18(19,20)21)25-26(5,6)16(2,3)4/h7-10H,11H2,1-6H3. The summed E-state index contributed by atoms with van der Waals surface area (Å²) in [4.78, 5) is 16.2. The predicted octanol–water partition coefficient (Wildman–Crippen LogP) is 5.29. The smallest absolute Gasteiger partial charge is 0.372 e. The van der Waals surface area contributed by atoms with E-state index in [0.29, 0.717) is 11.1 Å². The molecule has 0 amide bonds. The van der Waals surface area contributed by atoms with Crippen molar-refractivity contribution in [2.24, 2.45) is 5.16 Å². The maximum absolute atomic E-state index is 13.8. The van der Waals surface area contributed by atoms with Crippen LogP contribution >= 0.6 is 0 Å². The molecule has 1 aromatic carbocycles. The normalized spacial score (nSPS) is 21.3. The molecule has 1 unspecified atom stereocenters. The fraction of sp³-hybridized carbons (Fsp3) is 0.556. The van der Waals surface area contributed by atoms with E-state index in [1.165, 1.54) is 6.92 Å². The van der Waals surface area contributed by atoms with Crippen LogP contribution < -0.4 is 0 Å². The van der Waals surface area contributed by atoms with Gasteiger partial charge in [0.2, 0.25) is 0 Å². The summed E-state index contributed by atoms with van der Waals surface area (Å²) < 4.78 is 47.2. The number of hydrogen-bond donors (Lipinski definition) is 0. The van der Waals surface area contributed by atoms with Gasteiger partial charge >= 0.3 is 12.0 Å². The lowest BCUT2D eigenvalue weighted by atomic mass is 10.0. The van der Waals surface area contributed by atoms with E-state index in [-0.39, 0.29) is 11.5 Å². The Hall–Kier alpha value is -1.67. The Balaban J connectivity index is 2.31. The van der Waals surface area contributed by atoms with Gasteiger partial charge in [0.1, 0.15) is 0 Å². The van der Waals surface area contributed by atoms with Crippen LogP contribution in [0.15, 0.2) is 29.4 Å². The molecular formula is C18H24F3NO3Si.